The average Bonchev–Trinajstić information content (AvgIpc) is 2.82. The SMILES string of the molecule is Cl.O=C(O)C1CN(Cc2ccc(Cl)c(Cl)c2)CC12CCOCC2. The summed E-state index contributed by atoms with van der Waals surface area (Å²) in [6.07, 6.45) is 1.64. The Balaban J connectivity index is 0.00000192. The van der Waals surface area contributed by atoms with E-state index in [0.717, 1.165) is 24.9 Å². The molecular weight excluding hydrogens is 361 g/mol. The van der Waals surface area contributed by atoms with E-state index >= 15 is 0 Å². The van der Waals surface area contributed by atoms with Crippen LogP contribution in [-0.4, -0.2) is 42.3 Å². The van der Waals surface area contributed by atoms with Crippen LogP contribution in [0, 0.1) is 11.3 Å². The van der Waals surface area contributed by atoms with Gasteiger partial charge in [0.25, 0.3) is 0 Å². The van der Waals surface area contributed by atoms with E-state index in [4.69, 9.17) is 27.9 Å². The molecule has 1 aromatic carbocycles. The molecule has 4 nitrogen and oxygen atoms in total. The smallest absolute Gasteiger partial charge is 0.308 e. The zero-order chi connectivity index (χ0) is 15.7. The minimum absolute atomic E-state index is 0. The Morgan fingerprint density at radius 1 is 1.30 bits per heavy atom. The van der Waals surface area contributed by atoms with Crippen molar-refractivity contribution in [1.82, 2.24) is 4.90 Å². The normalized spacial score (nSPS) is 23.7. The predicted octanol–water partition coefficient (Wildman–Crippen LogP) is 3.73. The van der Waals surface area contributed by atoms with Crippen LogP contribution in [0.4, 0.5) is 0 Å². The van der Waals surface area contributed by atoms with Crippen LogP contribution in [0.25, 0.3) is 0 Å². The molecule has 0 aromatic heterocycles. The van der Waals surface area contributed by atoms with Crippen molar-refractivity contribution in [2.24, 2.45) is 11.3 Å². The van der Waals surface area contributed by atoms with E-state index in [2.05, 4.69) is 4.90 Å². The first-order chi connectivity index (χ1) is 10.5. The molecule has 1 atom stereocenters. The van der Waals surface area contributed by atoms with Gasteiger partial charge in [0.1, 0.15) is 0 Å². The lowest BCUT2D eigenvalue weighted by Gasteiger charge is -2.36. The second kappa shape index (κ2) is 7.58. The summed E-state index contributed by atoms with van der Waals surface area (Å²) in [7, 11) is 0. The van der Waals surface area contributed by atoms with Gasteiger partial charge in [0.15, 0.2) is 0 Å². The molecule has 0 amide bonds. The Morgan fingerprint density at radius 2 is 2.00 bits per heavy atom. The van der Waals surface area contributed by atoms with Crippen LogP contribution in [0.15, 0.2) is 18.2 Å². The lowest BCUT2D eigenvalue weighted by molar-refractivity contribution is -0.146. The number of carboxylic acids is 1. The third-order valence-electron chi connectivity index (χ3n) is 4.90. The van der Waals surface area contributed by atoms with E-state index in [1.807, 2.05) is 12.1 Å². The molecule has 2 fully saturated rings. The maximum atomic E-state index is 11.7. The molecule has 1 spiro atoms. The van der Waals surface area contributed by atoms with Crippen molar-refractivity contribution in [2.45, 2.75) is 19.4 Å². The fourth-order valence-corrected chi connectivity index (χ4v) is 4.03. The number of nitrogens with zero attached hydrogens (tertiary/aromatic N) is 1. The first-order valence-electron chi connectivity index (χ1n) is 7.47. The van der Waals surface area contributed by atoms with Crippen LogP contribution in [0.2, 0.25) is 10.0 Å². The van der Waals surface area contributed by atoms with Crippen molar-refractivity contribution in [3.05, 3.63) is 33.8 Å². The number of carboxylic acid groups (broad SMARTS) is 1. The summed E-state index contributed by atoms with van der Waals surface area (Å²) in [6, 6.07) is 5.59. The monoisotopic (exact) mass is 379 g/mol. The van der Waals surface area contributed by atoms with Crippen molar-refractivity contribution < 1.29 is 14.6 Å². The van der Waals surface area contributed by atoms with Crippen molar-refractivity contribution in [3.8, 4) is 0 Å². The van der Waals surface area contributed by atoms with Crippen LogP contribution >= 0.6 is 35.6 Å². The van der Waals surface area contributed by atoms with Gasteiger partial charge in [-0.05, 0) is 30.5 Å². The molecule has 2 saturated heterocycles. The molecule has 1 N–H and O–H groups in total. The van der Waals surface area contributed by atoms with Crippen molar-refractivity contribution in [1.29, 1.82) is 0 Å². The van der Waals surface area contributed by atoms with Crippen molar-refractivity contribution in [3.63, 3.8) is 0 Å². The maximum Gasteiger partial charge on any atom is 0.308 e. The van der Waals surface area contributed by atoms with Crippen LogP contribution < -0.4 is 0 Å². The van der Waals surface area contributed by atoms with E-state index in [9.17, 15) is 9.90 Å². The Kier molecular flexibility index (Phi) is 6.20. The molecule has 1 aromatic rings. The highest BCUT2D eigenvalue weighted by Gasteiger charge is 2.50. The Hall–Kier alpha value is -0.520. The molecule has 23 heavy (non-hydrogen) atoms. The highest BCUT2D eigenvalue weighted by atomic mass is 35.5. The number of halogens is 3. The first kappa shape index (κ1) is 18.8. The highest BCUT2D eigenvalue weighted by Crippen LogP contribution is 2.44. The number of ether oxygens (including phenoxy) is 1. The zero-order valence-corrected chi connectivity index (χ0v) is 15.0. The molecule has 0 radical (unpaired) electrons. The van der Waals surface area contributed by atoms with Gasteiger partial charge in [0.05, 0.1) is 16.0 Å². The van der Waals surface area contributed by atoms with E-state index in [1.165, 1.54) is 0 Å². The van der Waals surface area contributed by atoms with E-state index in [0.29, 0.717) is 36.3 Å². The molecule has 1 unspecified atom stereocenters. The van der Waals surface area contributed by atoms with Gasteiger partial charge in [-0.1, -0.05) is 29.3 Å². The molecule has 0 aliphatic carbocycles. The average molecular weight is 381 g/mol. The Morgan fingerprint density at radius 3 is 2.61 bits per heavy atom. The molecule has 128 valence electrons. The van der Waals surface area contributed by atoms with Crippen LogP contribution in [0.5, 0.6) is 0 Å². The van der Waals surface area contributed by atoms with E-state index in [1.54, 1.807) is 6.07 Å². The standard InChI is InChI=1S/C16H19Cl2NO3.ClH/c17-13-2-1-11(7-14(13)18)8-19-9-12(15(20)21)16(10-19)3-5-22-6-4-16;/h1-2,7,12H,3-6,8-10H2,(H,20,21);1H. The number of hydrogen-bond donors (Lipinski definition) is 1. The maximum absolute atomic E-state index is 11.7. The van der Waals surface area contributed by atoms with Crippen molar-refractivity contribution >= 4 is 41.6 Å². The molecule has 2 heterocycles. The molecule has 2 aliphatic heterocycles. The lowest BCUT2D eigenvalue weighted by Crippen LogP contribution is -2.40. The molecule has 7 heteroatoms. The quantitative estimate of drug-likeness (QED) is 0.868. The first-order valence-corrected chi connectivity index (χ1v) is 8.23. The Labute approximate surface area is 152 Å². The molecule has 2 aliphatic rings. The van der Waals surface area contributed by atoms with E-state index in [-0.39, 0.29) is 23.7 Å². The minimum Gasteiger partial charge on any atom is -0.481 e. The summed E-state index contributed by atoms with van der Waals surface area (Å²) in [5, 5.41) is 10.7. The number of aliphatic carboxylic acids is 1. The fraction of sp³-hybridized carbons (Fsp3) is 0.562. The van der Waals surface area contributed by atoms with Gasteiger partial charge in [-0.2, -0.15) is 0 Å². The largest absolute Gasteiger partial charge is 0.481 e. The number of rotatable bonds is 3. The summed E-state index contributed by atoms with van der Waals surface area (Å²) < 4.78 is 5.42. The van der Waals surface area contributed by atoms with Gasteiger partial charge < -0.3 is 9.84 Å². The highest BCUT2D eigenvalue weighted by molar-refractivity contribution is 6.42. The number of hydrogen-bond acceptors (Lipinski definition) is 3. The van der Waals surface area contributed by atoms with Gasteiger partial charge in [-0.25, -0.2) is 0 Å². The zero-order valence-electron chi connectivity index (χ0n) is 12.6. The van der Waals surface area contributed by atoms with Gasteiger partial charge in [-0.3, -0.25) is 9.69 Å². The third kappa shape index (κ3) is 3.94. The van der Waals surface area contributed by atoms with Crippen LogP contribution in [-0.2, 0) is 16.1 Å². The minimum atomic E-state index is -0.696. The lowest BCUT2D eigenvalue weighted by atomic mass is 9.72. The number of likely N-dealkylation sites (tertiary alicyclic amines) is 1. The van der Waals surface area contributed by atoms with Gasteiger partial charge >= 0.3 is 5.97 Å². The van der Waals surface area contributed by atoms with Crippen molar-refractivity contribution in [2.75, 3.05) is 26.3 Å². The third-order valence-corrected chi connectivity index (χ3v) is 5.63. The van der Waals surface area contributed by atoms with Gasteiger partial charge in [-0.15, -0.1) is 12.4 Å². The second-order valence-corrected chi connectivity index (χ2v) is 7.10. The summed E-state index contributed by atoms with van der Waals surface area (Å²) in [5.74, 6) is -1.02. The number of benzene rings is 1. The van der Waals surface area contributed by atoms with Gasteiger partial charge in [0, 0.05) is 38.3 Å². The molecule has 0 saturated carbocycles. The summed E-state index contributed by atoms with van der Waals surface area (Å²) in [6.45, 7) is 3.39. The summed E-state index contributed by atoms with van der Waals surface area (Å²) >= 11 is 12.0. The topological polar surface area (TPSA) is 49.8 Å². The fourth-order valence-electron chi connectivity index (χ4n) is 3.71. The predicted molar refractivity (Wildman–Crippen MR) is 92.6 cm³/mol. The van der Waals surface area contributed by atoms with E-state index < -0.39 is 5.97 Å². The molecule has 0 bridgehead atoms. The molecule has 3 rings (SSSR count). The second-order valence-electron chi connectivity index (χ2n) is 6.28. The summed E-state index contributed by atoms with van der Waals surface area (Å²) in [4.78, 5) is 13.9. The molecular formula is C16H20Cl3NO3. The van der Waals surface area contributed by atoms with Crippen LogP contribution in [0.3, 0.4) is 0 Å². The Bertz CT molecular complexity index is 576. The summed E-state index contributed by atoms with van der Waals surface area (Å²) in [5.41, 5.74) is 0.906. The van der Waals surface area contributed by atoms with Gasteiger partial charge in [0.2, 0.25) is 0 Å². The number of carbonyl (C=O) groups is 1. The van der Waals surface area contributed by atoms with Crippen LogP contribution in [0.1, 0.15) is 18.4 Å².